The number of anilines is 4. The van der Waals surface area contributed by atoms with E-state index < -0.39 is 11.7 Å². The number of aryl methyl sites for hydroxylation is 1. The van der Waals surface area contributed by atoms with Crippen LogP contribution in [-0.4, -0.2) is 67.4 Å². The zero-order valence-corrected chi connectivity index (χ0v) is 25.1. The summed E-state index contributed by atoms with van der Waals surface area (Å²) in [5.41, 5.74) is 2.58. The smallest absolute Gasteiger partial charge is 0.421 e. The molecule has 0 spiro atoms. The minimum Gasteiger partial charge on any atom is -0.495 e. The summed E-state index contributed by atoms with van der Waals surface area (Å²) in [6.45, 7) is 3.91. The summed E-state index contributed by atoms with van der Waals surface area (Å²) in [5, 5.41) is 8.86. The highest BCUT2D eigenvalue weighted by Crippen LogP contribution is 2.36. The van der Waals surface area contributed by atoms with Crippen molar-refractivity contribution in [2.75, 3.05) is 55.5 Å². The molecule has 1 saturated heterocycles. The van der Waals surface area contributed by atoms with Gasteiger partial charge >= 0.3 is 6.18 Å². The van der Waals surface area contributed by atoms with Crippen LogP contribution in [-0.2, 0) is 12.7 Å². The topological polar surface area (TPSA) is 94.7 Å². The lowest BCUT2D eigenvalue weighted by atomic mass is 10.0. The third-order valence-electron chi connectivity index (χ3n) is 7.16. The van der Waals surface area contributed by atoms with Gasteiger partial charge in [-0.05, 0) is 75.3 Å². The van der Waals surface area contributed by atoms with Crippen molar-refractivity contribution in [2.24, 2.45) is 0 Å². The third kappa shape index (κ3) is 7.77. The van der Waals surface area contributed by atoms with E-state index in [1.807, 2.05) is 42.7 Å². The van der Waals surface area contributed by atoms with Crippen molar-refractivity contribution >= 4 is 41.0 Å². The standard InChI is InChI=1S/C29H36F3N7O2S/c1-18-6-7-20(24(14-18)39(3)42-5)16-33-26-22(29(30,31)32)17-34-28(37-26)36-23-9-8-19(15-25(23)41-4)27(40)35-21-10-12-38(2)13-11-21/h6-9,14-15,17,21H,10-13,16H2,1-5H3,(H,35,40)(H2,33,34,36,37). The summed E-state index contributed by atoms with van der Waals surface area (Å²) < 4.78 is 49.0. The molecule has 1 fully saturated rings. The fourth-order valence-electron chi connectivity index (χ4n) is 4.66. The second kappa shape index (κ2) is 13.5. The molecule has 0 atom stereocenters. The van der Waals surface area contributed by atoms with E-state index in [1.54, 1.807) is 18.2 Å². The van der Waals surface area contributed by atoms with E-state index in [-0.39, 0.29) is 30.3 Å². The average Bonchev–Trinajstić information content (AvgIpc) is 2.96. The number of hydrogen-bond donors (Lipinski definition) is 3. The van der Waals surface area contributed by atoms with E-state index >= 15 is 0 Å². The maximum atomic E-state index is 13.9. The van der Waals surface area contributed by atoms with E-state index in [4.69, 9.17) is 4.74 Å². The van der Waals surface area contributed by atoms with Crippen molar-refractivity contribution in [3.8, 4) is 5.75 Å². The minimum absolute atomic E-state index is 0.0577. The van der Waals surface area contributed by atoms with Crippen molar-refractivity contribution in [2.45, 2.75) is 38.5 Å². The quantitative estimate of drug-likeness (QED) is 0.252. The highest BCUT2D eigenvalue weighted by atomic mass is 32.2. The first-order chi connectivity index (χ1) is 20.0. The molecule has 13 heteroatoms. The zero-order chi connectivity index (χ0) is 30.4. The molecule has 0 saturated carbocycles. The Morgan fingerprint density at radius 1 is 1.19 bits per heavy atom. The number of halogens is 3. The molecule has 226 valence electrons. The summed E-state index contributed by atoms with van der Waals surface area (Å²) in [6.07, 6.45) is -0.238. The Balaban J connectivity index is 1.54. The lowest BCUT2D eigenvalue weighted by molar-refractivity contribution is -0.137. The maximum Gasteiger partial charge on any atom is 0.421 e. The first-order valence-corrected chi connectivity index (χ1v) is 14.7. The van der Waals surface area contributed by atoms with E-state index in [0.29, 0.717) is 17.0 Å². The van der Waals surface area contributed by atoms with Crippen LogP contribution in [0.4, 0.5) is 36.3 Å². The molecule has 1 aliphatic heterocycles. The Labute approximate surface area is 248 Å². The number of hydrogen-bond acceptors (Lipinski definition) is 9. The van der Waals surface area contributed by atoms with Gasteiger partial charge in [0.1, 0.15) is 17.1 Å². The van der Waals surface area contributed by atoms with Crippen molar-refractivity contribution in [3.63, 3.8) is 0 Å². The number of carbonyl (C=O) groups excluding carboxylic acids is 1. The first-order valence-electron chi connectivity index (χ1n) is 13.5. The number of nitrogens with one attached hydrogen (secondary N) is 3. The van der Waals surface area contributed by atoms with E-state index in [0.717, 1.165) is 48.9 Å². The lowest BCUT2D eigenvalue weighted by Crippen LogP contribution is -2.43. The maximum absolute atomic E-state index is 13.9. The second-order valence-corrected chi connectivity index (χ2v) is 11.1. The van der Waals surface area contributed by atoms with Crippen LogP contribution in [0.1, 0.15) is 39.9 Å². The molecule has 9 nitrogen and oxygen atoms in total. The van der Waals surface area contributed by atoms with E-state index in [1.165, 1.54) is 19.1 Å². The van der Waals surface area contributed by atoms with Gasteiger partial charge in [-0.1, -0.05) is 24.1 Å². The third-order valence-corrected chi connectivity index (χ3v) is 7.90. The Morgan fingerprint density at radius 2 is 1.93 bits per heavy atom. The zero-order valence-electron chi connectivity index (χ0n) is 24.3. The summed E-state index contributed by atoms with van der Waals surface area (Å²) in [7, 11) is 5.40. The molecule has 2 heterocycles. The Hall–Kier alpha value is -3.71. The van der Waals surface area contributed by atoms with Gasteiger partial charge in [0.05, 0.1) is 18.5 Å². The monoisotopic (exact) mass is 603 g/mol. The SMILES string of the molecule is COc1cc(C(=O)NC2CCN(C)CC2)ccc1Nc1ncc(C(F)(F)F)c(NCc2ccc(C)cc2N(C)SC)n1. The molecule has 1 aliphatic rings. The van der Waals surface area contributed by atoms with Crippen LogP contribution in [0.25, 0.3) is 0 Å². The van der Waals surface area contributed by atoms with Crippen LogP contribution in [0.2, 0.25) is 0 Å². The summed E-state index contributed by atoms with van der Waals surface area (Å²) in [5.74, 6) is -0.299. The molecule has 0 aliphatic carbocycles. The molecule has 0 bridgehead atoms. The van der Waals surface area contributed by atoms with Gasteiger partial charge in [0.15, 0.2) is 0 Å². The molecule has 4 rings (SSSR count). The van der Waals surface area contributed by atoms with Crippen molar-refractivity contribution in [3.05, 3.63) is 64.8 Å². The summed E-state index contributed by atoms with van der Waals surface area (Å²) >= 11 is 1.50. The number of rotatable bonds is 10. The van der Waals surface area contributed by atoms with Crippen molar-refractivity contribution < 1.29 is 22.7 Å². The Kier molecular flexibility index (Phi) is 10.0. The average molecular weight is 604 g/mol. The molecule has 0 radical (unpaired) electrons. The van der Waals surface area contributed by atoms with Gasteiger partial charge < -0.3 is 29.9 Å². The number of alkyl halides is 3. The van der Waals surface area contributed by atoms with Gasteiger partial charge in [-0.25, -0.2) is 4.98 Å². The highest BCUT2D eigenvalue weighted by molar-refractivity contribution is 7.99. The van der Waals surface area contributed by atoms with Gasteiger partial charge in [-0.3, -0.25) is 4.79 Å². The van der Waals surface area contributed by atoms with Crippen LogP contribution in [0.15, 0.2) is 42.6 Å². The Morgan fingerprint density at radius 3 is 2.60 bits per heavy atom. The molecule has 0 unspecified atom stereocenters. The largest absolute Gasteiger partial charge is 0.495 e. The van der Waals surface area contributed by atoms with Gasteiger partial charge in [0.2, 0.25) is 5.95 Å². The van der Waals surface area contributed by atoms with Gasteiger partial charge in [-0.2, -0.15) is 18.2 Å². The lowest BCUT2D eigenvalue weighted by Gasteiger charge is -2.29. The number of ether oxygens (including phenoxy) is 1. The van der Waals surface area contributed by atoms with Crippen LogP contribution in [0.5, 0.6) is 5.75 Å². The van der Waals surface area contributed by atoms with E-state index in [9.17, 15) is 18.0 Å². The van der Waals surface area contributed by atoms with Crippen molar-refractivity contribution in [1.29, 1.82) is 0 Å². The van der Waals surface area contributed by atoms with Crippen LogP contribution >= 0.6 is 11.9 Å². The summed E-state index contributed by atoms with van der Waals surface area (Å²) in [6, 6.07) is 10.7. The molecule has 2 aromatic carbocycles. The second-order valence-electron chi connectivity index (χ2n) is 10.2. The number of methoxy groups -OCH3 is 1. The number of carbonyl (C=O) groups is 1. The van der Waals surface area contributed by atoms with Gasteiger partial charge in [0, 0.05) is 37.7 Å². The number of benzene rings is 2. The first kappa shape index (κ1) is 31.2. The number of amides is 1. The minimum atomic E-state index is -4.66. The van der Waals surface area contributed by atoms with E-state index in [2.05, 4.69) is 37.9 Å². The predicted octanol–water partition coefficient (Wildman–Crippen LogP) is 5.71. The fourth-order valence-corrected chi connectivity index (χ4v) is 5.02. The normalized spacial score (nSPS) is 14.4. The van der Waals surface area contributed by atoms with Crippen LogP contribution in [0, 0.1) is 6.92 Å². The van der Waals surface area contributed by atoms with Crippen molar-refractivity contribution in [1.82, 2.24) is 20.2 Å². The molecule has 1 aromatic heterocycles. The Bertz CT molecular complexity index is 1400. The van der Waals surface area contributed by atoms with Crippen LogP contribution < -0.4 is 25.0 Å². The predicted molar refractivity (Wildman–Crippen MR) is 162 cm³/mol. The molecular formula is C29H36F3N7O2S. The number of aromatic nitrogens is 2. The number of piperidine rings is 1. The molecule has 1 amide bonds. The molecule has 42 heavy (non-hydrogen) atoms. The summed E-state index contributed by atoms with van der Waals surface area (Å²) in [4.78, 5) is 23.2. The molecule has 3 aromatic rings. The van der Waals surface area contributed by atoms with Crippen LogP contribution in [0.3, 0.4) is 0 Å². The fraction of sp³-hybridized carbons (Fsp3) is 0.414. The van der Waals surface area contributed by atoms with Gasteiger partial charge in [-0.15, -0.1) is 0 Å². The number of nitrogens with zero attached hydrogens (tertiary/aromatic N) is 4. The van der Waals surface area contributed by atoms with Gasteiger partial charge in [0.25, 0.3) is 5.91 Å². The molecule has 3 N–H and O–H groups in total. The highest BCUT2D eigenvalue weighted by Gasteiger charge is 2.35. The number of likely N-dealkylation sites (tertiary alicyclic amines) is 1. The molecular weight excluding hydrogens is 567 g/mol.